The zero-order valence-corrected chi connectivity index (χ0v) is 16.2. The molecule has 2 aromatic carbocycles. The van der Waals surface area contributed by atoms with Crippen LogP contribution in [0, 0.1) is 11.7 Å². The Labute approximate surface area is 158 Å². The van der Waals surface area contributed by atoms with Crippen molar-refractivity contribution < 1.29 is 18.7 Å². The molecule has 2 rings (SSSR count). The molecule has 2 unspecified atom stereocenters. The van der Waals surface area contributed by atoms with E-state index in [1.54, 1.807) is 24.8 Å². The van der Waals surface area contributed by atoms with Gasteiger partial charge in [0.2, 0.25) is 5.91 Å². The number of carbonyl (C=O) groups is 1. The summed E-state index contributed by atoms with van der Waals surface area (Å²) in [5.74, 6) is 0.636. The maximum absolute atomic E-state index is 14.3. The molecule has 0 saturated carbocycles. The summed E-state index contributed by atoms with van der Waals surface area (Å²) in [6, 6.07) is 12.3. The number of methoxy groups -OCH3 is 2. The maximum atomic E-state index is 14.3. The van der Waals surface area contributed by atoms with Gasteiger partial charge in [0.05, 0.1) is 20.3 Å². The van der Waals surface area contributed by atoms with E-state index in [4.69, 9.17) is 9.47 Å². The van der Waals surface area contributed by atoms with Gasteiger partial charge < -0.3 is 14.8 Å². The molecule has 0 fully saturated rings. The molecule has 0 aliphatic rings. The van der Waals surface area contributed by atoms with Crippen molar-refractivity contribution in [3.63, 3.8) is 0 Å². The molecule has 4 nitrogen and oxygen atoms in total. The number of hydrogen-bond acceptors (Lipinski definition) is 4. The average Bonchev–Trinajstić information content (AvgIpc) is 2.66. The fourth-order valence-corrected chi connectivity index (χ4v) is 3.39. The van der Waals surface area contributed by atoms with Crippen LogP contribution in [0.3, 0.4) is 0 Å². The Morgan fingerprint density at radius 1 is 1.12 bits per heavy atom. The van der Waals surface area contributed by atoms with Gasteiger partial charge in [-0.15, -0.1) is 11.8 Å². The van der Waals surface area contributed by atoms with Gasteiger partial charge in [0.15, 0.2) is 11.5 Å². The molecule has 0 heterocycles. The summed E-state index contributed by atoms with van der Waals surface area (Å²) < 4.78 is 24.6. The van der Waals surface area contributed by atoms with Crippen LogP contribution in [0.2, 0.25) is 0 Å². The number of ether oxygens (including phenoxy) is 2. The molecular formula is C20H24FNO3S. The van der Waals surface area contributed by atoms with Crippen molar-refractivity contribution >= 4 is 17.7 Å². The molecule has 0 aliphatic carbocycles. The second kappa shape index (κ2) is 9.48. The minimum atomic E-state index is -0.480. The third-order valence-corrected chi connectivity index (χ3v) is 5.29. The minimum absolute atomic E-state index is 0.116. The number of thioether (sulfide) groups is 1. The van der Waals surface area contributed by atoms with Gasteiger partial charge >= 0.3 is 0 Å². The van der Waals surface area contributed by atoms with Crippen LogP contribution >= 0.6 is 11.8 Å². The van der Waals surface area contributed by atoms with E-state index in [2.05, 4.69) is 5.32 Å². The summed E-state index contributed by atoms with van der Waals surface area (Å²) in [6.45, 7) is 3.61. The first-order valence-corrected chi connectivity index (χ1v) is 9.34. The smallest absolute Gasteiger partial charge is 0.224 e. The highest BCUT2D eigenvalue weighted by atomic mass is 32.2. The highest BCUT2D eigenvalue weighted by Gasteiger charge is 2.20. The van der Waals surface area contributed by atoms with E-state index < -0.39 is 11.9 Å². The molecule has 1 amide bonds. The molecule has 0 bridgehead atoms. The predicted molar refractivity (Wildman–Crippen MR) is 102 cm³/mol. The Morgan fingerprint density at radius 3 is 2.35 bits per heavy atom. The molecule has 1 N–H and O–H groups in total. The van der Waals surface area contributed by atoms with Gasteiger partial charge in [-0.3, -0.25) is 4.79 Å². The molecule has 0 saturated heterocycles. The first kappa shape index (κ1) is 20.1. The molecule has 2 aromatic rings. The van der Waals surface area contributed by atoms with E-state index in [0.29, 0.717) is 22.8 Å². The van der Waals surface area contributed by atoms with Gasteiger partial charge in [0.25, 0.3) is 0 Å². The van der Waals surface area contributed by atoms with E-state index in [0.717, 1.165) is 4.90 Å². The topological polar surface area (TPSA) is 47.6 Å². The first-order valence-electron chi connectivity index (χ1n) is 8.36. The number of nitrogens with one attached hydrogen (secondary N) is 1. The Morgan fingerprint density at radius 2 is 1.73 bits per heavy atom. The van der Waals surface area contributed by atoms with Gasteiger partial charge in [-0.1, -0.05) is 25.1 Å². The van der Waals surface area contributed by atoms with E-state index in [9.17, 15) is 9.18 Å². The van der Waals surface area contributed by atoms with Crippen LogP contribution in [-0.4, -0.2) is 25.9 Å². The second-order valence-electron chi connectivity index (χ2n) is 5.98. The van der Waals surface area contributed by atoms with E-state index in [1.165, 1.54) is 20.3 Å². The summed E-state index contributed by atoms with van der Waals surface area (Å²) in [5.41, 5.74) is 0.360. The highest BCUT2D eigenvalue weighted by Crippen LogP contribution is 2.32. The number of carbonyl (C=O) groups excluding carboxylic acids is 1. The minimum Gasteiger partial charge on any atom is -0.493 e. The van der Waals surface area contributed by atoms with Gasteiger partial charge in [-0.25, -0.2) is 4.39 Å². The van der Waals surface area contributed by atoms with Gasteiger partial charge in [0, 0.05) is 28.2 Å². The maximum Gasteiger partial charge on any atom is 0.224 e. The highest BCUT2D eigenvalue weighted by molar-refractivity contribution is 7.99. The number of halogens is 1. The normalized spacial score (nSPS) is 13.0. The van der Waals surface area contributed by atoms with Crippen molar-refractivity contribution in [2.75, 3.05) is 20.0 Å². The lowest BCUT2D eigenvalue weighted by Gasteiger charge is -2.19. The SMILES string of the molecule is COc1cc(F)c(C(C)NC(=O)C(C)CSc2ccccc2)cc1OC. The molecule has 0 aromatic heterocycles. The molecular weight excluding hydrogens is 353 g/mol. The third kappa shape index (κ3) is 5.14. The van der Waals surface area contributed by atoms with Crippen molar-refractivity contribution in [1.82, 2.24) is 5.32 Å². The van der Waals surface area contributed by atoms with Crippen LogP contribution in [0.5, 0.6) is 11.5 Å². The molecule has 140 valence electrons. The van der Waals surface area contributed by atoms with Crippen LogP contribution in [0.25, 0.3) is 0 Å². The zero-order chi connectivity index (χ0) is 19.1. The summed E-state index contributed by atoms with van der Waals surface area (Å²) in [4.78, 5) is 13.6. The van der Waals surface area contributed by atoms with Gasteiger partial charge in [-0.05, 0) is 25.1 Å². The average molecular weight is 377 g/mol. The Hall–Kier alpha value is -2.21. The number of amides is 1. The Balaban J connectivity index is 1.99. The Kier molecular flexibility index (Phi) is 7.33. The van der Waals surface area contributed by atoms with E-state index in [1.807, 2.05) is 37.3 Å². The molecule has 0 spiro atoms. The number of benzene rings is 2. The first-order chi connectivity index (χ1) is 12.5. The fraction of sp³-hybridized carbons (Fsp3) is 0.350. The van der Waals surface area contributed by atoms with Crippen molar-refractivity contribution in [1.29, 1.82) is 0 Å². The monoisotopic (exact) mass is 377 g/mol. The molecule has 2 atom stereocenters. The van der Waals surface area contributed by atoms with Crippen LogP contribution < -0.4 is 14.8 Å². The fourth-order valence-electron chi connectivity index (χ4n) is 2.45. The molecule has 0 radical (unpaired) electrons. The van der Waals surface area contributed by atoms with Crippen LogP contribution in [0.4, 0.5) is 4.39 Å². The Bertz CT molecular complexity index is 739. The third-order valence-electron chi connectivity index (χ3n) is 4.02. The van der Waals surface area contributed by atoms with E-state index >= 15 is 0 Å². The zero-order valence-electron chi connectivity index (χ0n) is 15.4. The lowest BCUT2D eigenvalue weighted by atomic mass is 10.1. The second-order valence-corrected chi connectivity index (χ2v) is 7.08. The lowest BCUT2D eigenvalue weighted by Crippen LogP contribution is -2.33. The summed E-state index contributed by atoms with van der Waals surface area (Å²) in [7, 11) is 2.94. The van der Waals surface area contributed by atoms with Crippen molar-refractivity contribution in [2.24, 2.45) is 5.92 Å². The molecule has 26 heavy (non-hydrogen) atoms. The summed E-state index contributed by atoms with van der Waals surface area (Å²) >= 11 is 1.62. The van der Waals surface area contributed by atoms with Crippen molar-refractivity contribution in [3.8, 4) is 11.5 Å². The number of hydrogen-bond donors (Lipinski definition) is 1. The van der Waals surface area contributed by atoms with Gasteiger partial charge in [-0.2, -0.15) is 0 Å². The van der Waals surface area contributed by atoms with Crippen molar-refractivity contribution in [2.45, 2.75) is 24.8 Å². The molecule has 6 heteroatoms. The largest absolute Gasteiger partial charge is 0.493 e. The summed E-state index contributed by atoms with van der Waals surface area (Å²) in [6.07, 6.45) is 0. The quantitative estimate of drug-likeness (QED) is 0.691. The lowest BCUT2D eigenvalue weighted by molar-refractivity contribution is -0.124. The standard InChI is InChI=1S/C20H24FNO3S/c1-13(12-26-15-8-6-5-7-9-15)20(23)22-14(2)16-10-18(24-3)19(25-4)11-17(16)21/h5-11,13-14H,12H2,1-4H3,(H,22,23). The van der Waals surface area contributed by atoms with Crippen molar-refractivity contribution in [3.05, 3.63) is 53.8 Å². The number of rotatable bonds is 8. The van der Waals surface area contributed by atoms with Crippen LogP contribution in [0.15, 0.2) is 47.4 Å². The van der Waals surface area contributed by atoms with Gasteiger partial charge in [0.1, 0.15) is 5.82 Å². The summed E-state index contributed by atoms with van der Waals surface area (Å²) in [5, 5.41) is 2.87. The predicted octanol–water partition coefficient (Wildman–Crippen LogP) is 4.45. The molecule has 0 aliphatic heterocycles. The van der Waals surface area contributed by atoms with E-state index in [-0.39, 0.29) is 11.8 Å². The van der Waals surface area contributed by atoms with Crippen LogP contribution in [-0.2, 0) is 4.79 Å². The van der Waals surface area contributed by atoms with Crippen LogP contribution in [0.1, 0.15) is 25.5 Å².